The van der Waals surface area contributed by atoms with Crippen LogP contribution in [0.5, 0.6) is 0 Å². The second-order valence-electron chi connectivity index (χ2n) is 7.33. The number of allylic oxidation sites excluding steroid dienone is 3. The molecule has 0 fully saturated rings. The number of hydrogen-bond donors (Lipinski definition) is 0. The molecule has 160 valence electrons. The molecule has 0 spiro atoms. The predicted molar refractivity (Wildman–Crippen MR) is 102 cm³/mol. The summed E-state index contributed by atoms with van der Waals surface area (Å²) in [5.41, 5.74) is -1.08. The molecule has 2 aromatic carbocycles. The largest absolute Gasteiger partial charge is 0.412 e. The van der Waals surface area contributed by atoms with Crippen molar-refractivity contribution in [1.82, 2.24) is 0 Å². The Bertz CT molecular complexity index is 963. The predicted octanol–water partition coefficient (Wildman–Crippen LogP) is 8.10. The van der Waals surface area contributed by atoms with Crippen molar-refractivity contribution in [3.8, 4) is 11.1 Å². The Morgan fingerprint density at radius 2 is 1.63 bits per heavy atom. The lowest BCUT2D eigenvalue weighted by molar-refractivity contribution is -0.0798. The molecule has 2 atom stereocenters. The van der Waals surface area contributed by atoms with Gasteiger partial charge >= 0.3 is 6.18 Å². The van der Waals surface area contributed by atoms with Crippen LogP contribution in [-0.2, 0) is 0 Å². The highest BCUT2D eigenvalue weighted by molar-refractivity contribution is 5.69. The second kappa shape index (κ2) is 8.66. The molecule has 0 aliphatic heterocycles. The van der Waals surface area contributed by atoms with Crippen molar-refractivity contribution in [2.24, 2.45) is 5.92 Å². The van der Waals surface area contributed by atoms with Gasteiger partial charge in [-0.25, -0.2) is 17.6 Å². The quantitative estimate of drug-likeness (QED) is 0.341. The maximum absolute atomic E-state index is 14.7. The van der Waals surface area contributed by atoms with Gasteiger partial charge in [0.2, 0.25) is 0 Å². The standard InChI is InChI=1S/C23H19F7/c1-2-13-3-5-14(6-4-13)15-7-8-17(18(24)9-15)16-10-19(25)22(20(26)11-16)21(27)12-23(28,29)30/h3,5,7-14H,2,4,6H2,1H3/b21-12-. The van der Waals surface area contributed by atoms with Crippen LogP contribution < -0.4 is 0 Å². The summed E-state index contributed by atoms with van der Waals surface area (Å²) in [5.74, 6) is -5.37. The average Bonchev–Trinajstić information content (AvgIpc) is 2.66. The van der Waals surface area contributed by atoms with E-state index in [0.29, 0.717) is 18.1 Å². The summed E-state index contributed by atoms with van der Waals surface area (Å²) in [5, 5.41) is 0. The minimum absolute atomic E-state index is 0.0359. The topological polar surface area (TPSA) is 0 Å². The first-order valence-corrected chi connectivity index (χ1v) is 9.51. The first-order chi connectivity index (χ1) is 14.1. The molecule has 1 aliphatic rings. The average molecular weight is 428 g/mol. The summed E-state index contributed by atoms with van der Waals surface area (Å²) in [6.07, 6.45) is 1.09. The van der Waals surface area contributed by atoms with Gasteiger partial charge in [0, 0.05) is 11.5 Å². The Kier molecular flexibility index (Phi) is 6.38. The molecule has 7 heteroatoms. The SMILES string of the molecule is CCC1C=CC(c2ccc(-c3cc(F)c(/C(F)=C/C(F)(F)F)c(F)c3)c(F)c2)CC1. The first-order valence-electron chi connectivity index (χ1n) is 9.51. The summed E-state index contributed by atoms with van der Waals surface area (Å²) in [6.45, 7) is 2.10. The van der Waals surface area contributed by atoms with Gasteiger partial charge in [0.25, 0.3) is 0 Å². The summed E-state index contributed by atoms with van der Waals surface area (Å²) in [4.78, 5) is 0. The number of alkyl halides is 3. The van der Waals surface area contributed by atoms with E-state index in [1.807, 2.05) is 6.08 Å². The summed E-state index contributed by atoms with van der Waals surface area (Å²) >= 11 is 0. The van der Waals surface area contributed by atoms with Crippen LogP contribution in [0.3, 0.4) is 0 Å². The highest BCUT2D eigenvalue weighted by Gasteiger charge is 2.28. The minimum atomic E-state index is -5.08. The molecular weight excluding hydrogens is 409 g/mol. The Labute approximate surface area is 169 Å². The smallest absolute Gasteiger partial charge is 0.206 e. The molecule has 30 heavy (non-hydrogen) atoms. The van der Waals surface area contributed by atoms with Crippen LogP contribution in [0.1, 0.15) is 43.2 Å². The lowest BCUT2D eigenvalue weighted by Gasteiger charge is -2.22. The van der Waals surface area contributed by atoms with Crippen LogP contribution in [0, 0.1) is 23.4 Å². The van der Waals surface area contributed by atoms with Crippen molar-refractivity contribution < 1.29 is 30.7 Å². The van der Waals surface area contributed by atoms with Crippen molar-refractivity contribution in [3.63, 3.8) is 0 Å². The minimum Gasteiger partial charge on any atom is -0.206 e. The molecule has 0 aromatic heterocycles. The van der Waals surface area contributed by atoms with Crippen molar-refractivity contribution in [1.29, 1.82) is 0 Å². The molecule has 0 saturated carbocycles. The molecule has 0 nitrogen and oxygen atoms in total. The third kappa shape index (κ3) is 4.94. The van der Waals surface area contributed by atoms with E-state index in [1.165, 1.54) is 12.1 Å². The van der Waals surface area contributed by atoms with Gasteiger partial charge in [-0.2, -0.15) is 13.2 Å². The molecule has 0 heterocycles. The van der Waals surface area contributed by atoms with Crippen molar-refractivity contribution in [2.75, 3.05) is 0 Å². The molecule has 0 saturated heterocycles. The van der Waals surface area contributed by atoms with Gasteiger partial charge in [-0.15, -0.1) is 0 Å². The zero-order valence-electron chi connectivity index (χ0n) is 16.0. The van der Waals surface area contributed by atoms with Gasteiger partial charge < -0.3 is 0 Å². The van der Waals surface area contributed by atoms with E-state index >= 15 is 0 Å². The summed E-state index contributed by atoms with van der Waals surface area (Å²) in [7, 11) is 0. The van der Waals surface area contributed by atoms with Gasteiger partial charge in [-0.05, 0) is 54.5 Å². The molecule has 0 N–H and O–H groups in total. The van der Waals surface area contributed by atoms with Gasteiger partial charge in [0.1, 0.15) is 23.3 Å². The Morgan fingerprint density at radius 3 is 2.13 bits per heavy atom. The third-order valence-electron chi connectivity index (χ3n) is 5.29. The fourth-order valence-corrected chi connectivity index (χ4v) is 3.66. The molecule has 0 radical (unpaired) electrons. The van der Waals surface area contributed by atoms with Crippen LogP contribution in [-0.4, -0.2) is 6.18 Å². The number of rotatable bonds is 4. The maximum atomic E-state index is 14.7. The maximum Gasteiger partial charge on any atom is 0.412 e. The van der Waals surface area contributed by atoms with Gasteiger partial charge in [-0.1, -0.05) is 31.2 Å². The number of hydrogen-bond acceptors (Lipinski definition) is 0. The van der Waals surface area contributed by atoms with E-state index in [2.05, 4.69) is 13.0 Å². The summed E-state index contributed by atoms with van der Waals surface area (Å²) < 4.78 is 93.5. The molecule has 0 amide bonds. The van der Waals surface area contributed by atoms with Gasteiger partial charge in [0.15, 0.2) is 0 Å². The van der Waals surface area contributed by atoms with Crippen LogP contribution in [0.15, 0.2) is 48.6 Å². The lowest BCUT2D eigenvalue weighted by atomic mass is 9.83. The molecule has 0 bridgehead atoms. The normalized spacial score (nSPS) is 19.9. The van der Waals surface area contributed by atoms with Crippen molar-refractivity contribution >= 4 is 5.83 Å². The highest BCUT2D eigenvalue weighted by atomic mass is 19.4. The van der Waals surface area contributed by atoms with Crippen molar-refractivity contribution in [3.05, 3.63) is 77.1 Å². The third-order valence-corrected chi connectivity index (χ3v) is 5.29. The fourth-order valence-electron chi connectivity index (χ4n) is 3.66. The molecule has 1 aliphatic carbocycles. The van der Waals surface area contributed by atoms with Gasteiger partial charge in [-0.3, -0.25) is 0 Å². The highest BCUT2D eigenvalue weighted by Crippen LogP contribution is 2.36. The van der Waals surface area contributed by atoms with Gasteiger partial charge in [0.05, 0.1) is 11.6 Å². The fraction of sp³-hybridized carbons (Fsp3) is 0.304. The van der Waals surface area contributed by atoms with E-state index in [0.717, 1.165) is 24.8 Å². The van der Waals surface area contributed by atoms with Crippen LogP contribution >= 0.6 is 0 Å². The van der Waals surface area contributed by atoms with E-state index in [4.69, 9.17) is 0 Å². The van der Waals surface area contributed by atoms with E-state index in [9.17, 15) is 30.7 Å². The number of halogens is 7. The van der Waals surface area contributed by atoms with E-state index in [-0.39, 0.29) is 17.0 Å². The first kappa shape index (κ1) is 22.1. The van der Waals surface area contributed by atoms with Crippen molar-refractivity contribution in [2.45, 2.75) is 38.3 Å². The Morgan fingerprint density at radius 1 is 0.967 bits per heavy atom. The Balaban J connectivity index is 1.92. The van der Waals surface area contributed by atoms with E-state index in [1.54, 1.807) is 6.07 Å². The molecular formula is C23H19F7. The molecule has 2 unspecified atom stereocenters. The van der Waals surface area contributed by atoms with Crippen LogP contribution in [0.25, 0.3) is 17.0 Å². The second-order valence-corrected chi connectivity index (χ2v) is 7.33. The lowest BCUT2D eigenvalue weighted by Crippen LogP contribution is -2.07. The summed E-state index contributed by atoms with van der Waals surface area (Å²) in [6, 6.07) is 5.53. The van der Waals surface area contributed by atoms with Crippen LogP contribution in [0.2, 0.25) is 0 Å². The monoisotopic (exact) mass is 428 g/mol. The van der Waals surface area contributed by atoms with E-state index < -0.39 is 41.1 Å². The molecule has 3 rings (SSSR count). The zero-order valence-corrected chi connectivity index (χ0v) is 16.0. The Hall–Kier alpha value is -2.57. The molecule has 2 aromatic rings. The zero-order chi connectivity index (χ0) is 22.1. The van der Waals surface area contributed by atoms with Crippen LogP contribution in [0.4, 0.5) is 30.7 Å². The number of benzene rings is 2.